The van der Waals surface area contributed by atoms with Crippen LogP contribution in [0.5, 0.6) is 0 Å². The number of nitrogens with one attached hydrogen (secondary N) is 2. The number of nitriles is 1. The van der Waals surface area contributed by atoms with Gasteiger partial charge in [0.2, 0.25) is 11.0 Å². The first-order chi connectivity index (χ1) is 11.8. The number of para-hydroxylation sites is 1. The van der Waals surface area contributed by atoms with Crippen molar-refractivity contribution < 1.29 is 4.79 Å². The second kappa shape index (κ2) is 8.32. The number of hydrogen-bond donors (Lipinski definition) is 2. The highest BCUT2D eigenvalue weighted by molar-refractivity contribution is 8.01. The summed E-state index contributed by atoms with van der Waals surface area (Å²) in [4.78, 5) is 12.1. The fourth-order valence-corrected chi connectivity index (χ4v) is 3.47. The Morgan fingerprint density at radius 1 is 1.40 bits per heavy atom. The Morgan fingerprint density at radius 3 is 2.76 bits per heavy atom. The van der Waals surface area contributed by atoms with Crippen LogP contribution in [-0.4, -0.2) is 27.4 Å². The fourth-order valence-electron chi connectivity index (χ4n) is 1.90. The Balaban J connectivity index is 1.90. The summed E-state index contributed by atoms with van der Waals surface area (Å²) in [6.07, 6.45) is 0. The van der Waals surface area contributed by atoms with Crippen molar-refractivity contribution in [3.63, 3.8) is 0 Å². The SMILES string of the molecule is Cc1ccccc1Nc1nnc(SCC(=O)NC(C)(C#N)C(C)C)s1. The van der Waals surface area contributed by atoms with Crippen LogP contribution in [0, 0.1) is 24.2 Å². The van der Waals surface area contributed by atoms with Crippen molar-refractivity contribution in [1.29, 1.82) is 5.26 Å². The number of anilines is 2. The van der Waals surface area contributed by atoms with Crippen LogP contribution < -0.4 is 10.6 Å². The van der Waals surface area contributed by atoms with Gasteiger partial charge < -0.3 is 10.6 Å². The average Bonchev–Trinajstić information content (AvgIpc) is 3.02. The van der Waals surface area contributed by atoms with Gasteiger partial charge in [-0.3, -0.25) is 4.79 Å². The summed E-state index contributed by atoms with van der Waals surface area (Å²) in [5, 5.41) is 24.1. The first kappa shape index (κ1) is 19.2. The van der Waals surface area contributed by atoms with E-state index in [9.17, 15) is 10.1 Å². The van der Waals surface area contributed by atoms with Gasteiger partial charge in [0.15, 0.2) is 4.34 Å². The summed E-state index contributed by atoms with van der Waals surface area (Å²) in [7, 11) is 0. The third-order valence-electron chi connectivity index (χ3n) is 3.91. The van der Waals surface area contributed by atoms with Gasteiger partial charge in [-0.1, -0.05) is 55.1 Å². The quantitative estimate of drug-likeness (QED) is 0.717. The smallest absolute Gasteiger partial charge is 0.231 e. The molecule has 2 aromatic rings. The van der Waals surface area contributed by atoms with Crippen LogP contribution in [0.4, 0.5) is 10.8 Å². The third-order valence-corrected chi connectivity index (χ3v) is 5.88. The number of benzene rings is 1. The zero-order chi connectivity index (χ0) is 18.4. The molecule has 0 bridgehead atoms. The van der Waals surface area contributed by atoms with E-state index in [0.29, 0.717) is 9.47 Å². The molecule has 1 heterocycles. The Morgan fingerprint density at radius 2 is 2.12 bits per heavy atom. The lowest BCUT2D eigenvalue weighted by atomic mass is 9.90. The molecule has 0 fully saturated rings. The minimum Gasteiger partial charge on any atom is -0.337 e. The normalized spacial score (nSPS) is 13.1. The highest BCUT2D eigenvalue weighted by atomic mass is 32.2. The molecule has 0 spiro atoms. The van der Waals surface area contributed by atoms with E-state index < -0.39 is 5.54 Å². The first-order valence-electron chi connectivity index (χ1n) is 7.85. The number of thioether (sulfide) groups is 1. The van der Waals surface area contributed by atoms with Crippen molar-refractivity contribution in [2.45, 2.75) is 37.6 Å². The molecule has 0 aliphatic heterocycles. The third kappa shape index (κ3) is 5.18. The van der Waals surface area contributed by atoms with Gasteiger partial charge in [-0.15, -0.1) is 10.2 Å². The predicted molar refractivity (Wildman–Crippen MR) is 102 cm³/mol. The molecule has 1 aromatic carbocycles. The van der Waals surface area contributed by atoms with Crippen LogP contribution in [0.25, 0.3) is 0 Å². The van der Waals surface area contributed by atoms with E-state index in [2.05, 4.69) is 26.9 Å². The van der Waals surface area contributed by atoms with Crippen LogP contribution in [0.1, 0.15) is 26.3 Å². The zero-order valence-corrected chi connectivity index (χ0v) is 16.3. The maximum absolute atomic E-state index is 12.1. The minimum absolute atomic E-state index is 0.0258. The first-order valence-corrected chi connectivity index (χ1v) is 9.65. The van der Waals surface area contributed by atoms with Gasteiger partial charge in [-0.25, -0.2) is 0 Å². The molecule has 8 heteroatoms. The molecule has 0 saturated carbocycles. The molecule has 2 N–H and O–H groups in total. The van der Waals surface area contributed by atoms with E-state index >= 15 is 0 Å². The maximum Gasteiger partial charge on any atom is 0.231 e. The number of aromatic nitrogens is 2. The molecule has 132 valence electrons. The summed E-state index contributed by atoms with van der Waals surface area (Å²) in [6, 6.07) is 10.1. The Kier molecular flexibility index (Phi) is 6.39. The van der Waals surface area contributed by atoms with Crippen LogP contribution in [-0.2, 0) is 4.79 Å². The van der Waals surface area contributed by atoms with Gasteiger partial charge in [-0.05, 0) is 31.4 Å². The van der Waals surface area contributed by atoms with Crippen LogP contribution in [0.2, 0.25) is 0 Å². The van der Waals surface area contributed by atoms with Gasteiger partial charge in [0.1, 0.15) is 5.54 Å². The molecule has 1 unspecified atom stereocenters. The lowest BCUT2D eigenvalue weighted by molar-refractivity contribution is -0.120. The zero-order valence-electron chi connectivity index (χ0n) is 14.7. The minimum atomic E-state index is -0.865. The van der Waals surface area contributed by atoms with Gasteiger partial charge in [0.25, 0.3) is 0 Å². The predicted octanol–water partition coefficient (Wildman–Crippen LogP) is 3.74. The molecule has 1 amide bonds. The van der Waals surface area contributed by atoms with Gasteiger partial charge in [0, 0.05) is 5.69 Å². The lowest BCUT2D eigenvalue weighted by Gasteiger charge is -2.27. The molecular formula is C17H21N5OS2. The van der Waals surface area contributed by atoms with Crippen molar-refractivity contribution in [3.05, 3.63) is 29.8 Å². The molecule has 1 aromatic heterocycles. The summed E-state index contributed by atoms with van der Waals surface area (Å²) in [6.45, 7) is 7.56. The molecule has 0 aliphatic rings. The second-order valence-electron chi connectivity index (χ2n) is 6.12. The summed E-state index contributed by atoms with van der Waals surface area (Å²) < 4.78 is 0.703. The molecular weight excluding hydrogens is 354 g/mol. The summed E-state index contributed by atoms with van der Waals surface area (Å²) in [5.74, 6) is 0.0347. The van der Waals surface area contributed by atoms with Crippen molar-refractivity contribution in [1.82, 2.24) is 15.5 Å². The maximum atomic E-state index is 12.1. The number of rotatable bonds is 7. The Hall–Kier alpha value is -2.11. The van der Waals surface area contributed by atoms with Crippen molar-refractivity contribution >= 4 is 39.8 Å². The Labute approximate surface area is 156 Å². The monoisotopic (exact) mass is 375 g/mol. The molecule has 1 atom stereocenters. The Bertz CT molecular complexity index is 783. The van der Waals surface area contributed by atoms with Gasteiger partial charge in [0.05, 0.1) is 11.8 Å². The number of aryl methyl sites for hydroxylation is 1. The van der Waals surface area contributed by atoms with Crippen molar-refractivity contribution in [3.8, 4) is 6.07 Å². The van der Waals surface area contributed by atoms with Crippen LogP contribution in [0.15, 0.2) is 28.6 Å². The largest absolute Gasteiger partial charge is 0.337 e. The molecule has 2 rings (SSSR count). The van der Waals surface area contributed by atoms with E-state index in [4.69, 9.17) is 0 Å². The average molecular weight is 376 g/mol. The van der Waals surface area contributed by atoms with E-state index in [0.717, 1.165) is 11.3 Å². The highest BCUT2D eigenvalue weighted by Gasteiger charge is 2.29. The lowest BCUT2D eigenvalue weighted by Crippen LogP contribution is -2.49. The van der Waals surface area contributed by atoms with Crippen molar-refractivity contribution in [2.24, 2.45) is 5.92 Å². The van der Waals surface area contributed by atoms with E-state index in [1.54, 1.807) is 6.92 Å². The standard InChI is InChI=1S/C17H21N5OS2/c1-11(2)17(4,10-18)20-14(23)9-24-16-22-21-15(25-16)19-13-8-6-5-7-12(13)3/h5-8,11H,9H2,1-4H3,(H,19,21)(H,20,23). The summed E-state index contributed by atoms with van der Waals surface area (Å²) in [5.41, 5.74) is 1.24. The van der Waals surface area contributed by atoms with Crippen LogP contribution in [0.3, 0.4) is 0 Å². The number of amides is 1. The second-order valence-corrected chi connectivity index (χ2v) is 8.32. The van der Waals surface area contributed by atoms with Crippen molar-refractivity contribution in [2.75, 3.05) is 11.1 Å². The topological polar surface area (TPSA) is 90.7 Å². The van der Waals surface area contributed by atoms with Crippen LogP contribution >= 0.6 is 23.1 Å². The summed E-state index contributed by atoms with van der Waals surface area (Å²) >= 11 is 2.70. The van der Waals surface area contributed by atoms with Gasteiger partial charge in [-0.2, -0.15) is 5.26 Å². The van der Waals surface area contributed by atoms with Gasteiger partial charge >= 0.3 is 0 Å². The van der Waals surface area contributed by atoms with E-state index in [-0.39, 0.29) is 17.6 Å². The number of nitrogens with zero attached hydrogens (tertiary/aromatic N) is 3. The number of carbonyl (C=O) groups is 1. The molecule has 0 aliphatic carbocycles. The fraction of sp³-hybridized carbons (Fsp3) is 0.412. The molecule has 25 heavy (non-hydrogen) atoms. The highest BCUT2D eigenvalue weighted by Crippen LogP contribution is 2.28. The van der Waals surface area contributed by atoms with E-state index in [1.165, 1.54) is 23.1 Å². The van der Waals surface area contributed by atoms with E-state index in [1.807, 2.05) is 45.0 Å². The molecule has 0 radical (unpaired) electrons. The number of carbonyl (C=O) groups excluding carboxylic acids is 1. The number of hydrogen-bond acceptors (Lipinski definition) is 7. The molecule has 0 saturated heterocycles. The molecule has 6 nitrogen and oxygen atoms in total.